The predicted molar refractivity (Wildman–Crippen MR) is 78.3 cm³/mol. The second-order valence-corrected chi connectivity index (χ2v) is 5.01. The molecule has 0 amide bonds. The molecule has 2 aromatic carbocycles. The molecule has 0 fully saturated rings. The molecule has 90 valence electrons. The van der Waals surface area contributed by atoms with Crippen molar-refractivity contribution in [3.8, 4) is 0 Å². The van der Waals surface area contributed by atoms with Crippen molar-refractivity contribution in [1.29, 1.82) is 0 Å². The lowest BCUT2D eigenvalue weighted by Crippen LogP contribution is -1.95. The van der Waals surface area contributed by atoms with E-state index in [4.69, 9.17) is 0 Å². The Morgan fingerprint density at radius 1 is 1.22 bits per heavy atom. The van der Waals surface area contributed by atoms with Crippen molar-refractivity contribution in [3.63, 3.8) is 0 Å². The monoisotopic (exact) mass is 301 g/mol. The van der Waals surface area contributed by atoms with Gasteiger partial charge in [-0.25, -0.2) is 4.98 Å². The fraction of sp³-hybridized carbons (Fsp3) is 0.0714. The highest BCUT2D eigenvalue weighted by molar-refractivity contribution is 9.10. The molecule has 0 aliphatic rings. The third-order valence-corrected chi connectivity index (χ3v) is 3.57. The summed E-state index contributed by atoms with van der Waals surface area (Å²) < 4.78 is 1.04. The summed E-state index contributed by atoms with van der Waals surface area (Å²) >= 11 is 3.61. The van der Waals surface area contributed by atoms with Gasteiger partial charge in [0.2, 0.25) is 5.95 Å². The Hall–Kier alpha value is -1.81. The lowest BCUT2D eigenvalue weighted by molar-refractivity contribution is 1.29. The molecule has 0 unspecified atom stereocenters. The molecule has 2 N–H and O–H groups in total. The molecule has 0 aliphatic carbocycles. The lowest BCUT2D eigenvalue weighted by Gasteiger charge is -2.12. The van der Waals surface area contributed by atoms with E-state index in [2.05, 4.69) is 62.4 Å². The molecule has 3 nitrogen and oxygen atoms in total. The summed E-state index contributed by atoms with van der Waals surface area (Å²) in [4.78, 5) is 7.24. The molecule has 4 heteroatoms. The van der Waals surface area contributed by atoms with Crippen molar-refractivity contribution in [3.05, 3.63) is 52.8 Å². The van der Waals surface area contributed by atoms with Gasteiger partial charge in [0.25, 0.3) is 0 Å². The molecule has 0 spiro atoms. The van der Waals surface area contributed by atoms with Crippen LogP contribution in [0.4, 0.5) is 11.6 Å². The van der Waals surface area contributed by atoms with Gasteiger partial charge in [0.1, 0.15) is 0 Å². The Morgan fingerprint density at radius 2 is 2.00 bits per heavy atom. The molecule has 3 rings (SSSR count). The Morgan fingerprint density at radius 3 is 2.72 bits per heavy atom. The first kappa shape index (κ1) is 11.3. The van der Waals surface area contributed by atoms with Crippen LogP contribution >= 0.6 is 15.9 Å². The van der Waals surface area contributed by atoms with E-state index in [1.165, 1.54) is 16.3 Å². The van der Waals surface area contributed by atoms with E-state index in [1.54, 1.807) is 12.4 Å². The normalized spacial score (nSPS) is 10.8. The first-order valence-corrected chi connectivity index (χ1v) is 6.49. The third-order valence-electron chi connectivity index (χ3n) is 2.94. The predicted octanol–water partition coefficient (Wildman–Crippen LogP) is 4.38. The molecule has 0 saturated carbocycles. The van der Waals surface area contributed by atoms with Gasteiger partial charge >= 0.3 is 0 Å². The summed E-state index contributed by atoms with van der Waals surface area (Å²) in [6, 6.07) is 10.5. The van der Waals surface area contributed by atoms with Gasteiger partial charge in [-0.3, -0.25) is 0 Å². The molecule has 0 aliphatic heterocycles. The Labute approximate surface area is 113 Å². The standard InChI is InChI=1S/C14H12BrN3/c1-9-8-12(15)13(18-14-16-6-7-17-14)11-5-3-2-4-10(9)11/h2-8H,1H3,(H2,16,17,18). The average Bonchev–Trinajstić information content (AvgIpc) is 2.87. The Kier molecular flexibility index (Phi) is 2.80. The van der Waals surface area contributed by atoms with E-state index in [9.17, 15) is 0 Å². The van der Waals surface area contributed by atoms with Crippen LogP contribution in [0.1, 0.15) is 5.56 Å². The van der Waals surface area contributed by atoms with E-state index >= 15 is 0 Å². The number of aryl methyl sites for hydroxylation is 1. The van der Waals surface area contributed by atoms with Crippen molar-refractivity contribution in [2.75, 3.05) is 5.32 Å². The minimum Gasteiger partial charge on any atom is -0.331 e. The maximum atomic E-state index is 4.19. The number of benzene rings is 2. The Bertz CT molecular complexity index is 690. The molecular weight excluding hydrogens is 290 g/mol. The van der Waals surface area contributed by atoms with Crippen molar-refractivity contribution in [1.82, 2.24) is 9.97 Å². The summed E-state index contributed by atoms with van der Waals surface area (Å²) in [5, 5.41) is 5.74. The van der Waals surface area contributed by atoms with E-state index in [1.807, 2.05) is 6.07 Å². The van der Waals surface area contributed by atoms with E-state index in [-0.39, 0.29) is 0 Å². The number of halogens is 1. The number of nitrogens with one attached hydrogen (secondary N) is 2. The number of H-pyrrole nitrogens is 1. The summed E-state index contributed by atoms with van der Waals surface area (Å²) in [6.45, 7) is 2.11. The molecular formula is C14H12BrN3. The quantitative estimate of drug-likeness (QED) is 0.737. The summed E-state index contributed by atoms with van der Waals surface area (Å²) in [7, 11) is 0. The number of aromatic amines is 1. The molecule has 1 aromatic heterocycles. The zero-order chi connectivity index (χ0) is 12.5. The van der Waals surface area contributed by atoms with Crippen LogP contribution in [0.3, 0.4) is 0 Å². The van der Waals surface area contributed by atoms with Gasteiger partial charge in [-0.05, 0) is 39.9 Å². The van der Waals surface area contributed by atoms with Gasteiger partial charge in [-0.2, -0.15) is 0 Å². The fourth-order valence-corrected chi connectivity index (χ4v) is 2.75. The van der Waals surface area contributed by atoms with E-state index in [0.717, 1.165) is 16.1 Å². The summed E-state index contributed by atoms with van der Waals surface area (Å²) in [5.74, 6) is 0.740. The van der Waals surface area contributed by atoms with Gasteiger partial charge < -0.3 is 10.3 Å². The maximum absolute atomic E-state index is 4.19. The van der Waals surface area contributed by atoms with Crippen molar-refractivity contribution in [2.45, 2.75) is 6.92 Å². The van der Waals surface area contributed by atoms with Crippen molar-refractivity contribution < 1.29 is 0 Å². The van der Waals surface area contributed by atoms with Gasteiger partial charge in [-0.1, -0.05) is 24.3 Å². The van der Waals surface area contributed by atoms with Gasteiger partial charge in [0.15, 0.2) is 0 Å². The van der Waals surface area contributed by atoms with Crippen LogP contribution < -0.4 is 5.32 Å². The smallest absolute Gasteiger partial charge is 0.204 e. The molecule has 3 aromatic rings. The number of hydrogen-bond donors (Lipinski definition) is 2. The number of aromatic nitrogens is 2. The SMILES string of the molecule is Cc1cc(Br)c(Nc2ncc[nH]2)c2ccccc12. The number of hydrogen-bond acceptors (Lipinski definition) is 2. The number of imidazole rings is 1. The van der Waals surface area contributed by atoms with E-state index < -0.39 is 0 Å². The van der Waals surface area contributed by atoms with Crippen LogP contribution in [-0.2, 0) is 0 Å². The van der Waals surface area contributed by atoms with Crippen molar-refractivity contribution >= 4 is 38.3 Å². The van der Waals surface area contributed by atoms with Gasteiger partial charge in [0, 0.05) is 22.3 Å². The number of anilines is 2. The largest absolute Gasteiger partial charge is 0.331 e. The van der Waals surface area contributed by atoms with Crippen LogP contribution in [-0.4, -0.2) is 9.97 Å². The van der Waals surface area contributed by atoms with Gasteiger partial charge in [0.05, 0.1) is 5.69 Å². The molecule has 18 heavy (non-hydrogen) atoms. The van der Waals surface area contributed by atoms with Gasteiger partial charge in [-0.15, -0.1) is 0 Å². The maximum Gasteiger partial charge on any atom is 0.204 e. The fourth-order valence-electron chi connectivity index (χ4n) is 2.09. The van der Waals surface area contributed by atoms with E-state index in [0.29, 0.717) is 0 Å². The minimum atomic E-state index is 0.740. The Balaban J connectivity index is 2.21. The lowest BCUT2D eigenvalue weighted by atomic mass is 10.0. The van der Waals surface area contributed by atoms with Crippen LogP contribution in [0, 0.1) is 6.92 Å². The van der Waals surface area contributed by atoms with Crippen LogP contribution in [0.25, 0.3) is 10.8 Å². The first-order chi connectivity index (χ1) is 8.75. The summed E-state index contributed by atoms with van der Waals surface area (Å²) in [6.07, 6.45) is 3.53. The topological polar surface area (TPSA) is 40.7 Å². The minimum absolute atomic E-state index is 0.740. The van der Waals surface area contributed by atoms with Crippen LogP contribution in [0.15, 0.2) is 47.2 Å². The van der Waals surface area contributed by atoms with Crippen molar-refractivity contribution in [2.24, 2.45) is 0 Å². The second-order valence-electron chi connectivity index (χ2n) is 4.16. The molecule has 1 heterocycles. The molecule has 0 radical (unpaired) electrons. The average molecular weight is 302 g/mol. The molecule has 0 saturated heterocycles. The van der Waals surface area contributed by atoms with Crippen LogP contribution in [0.2, 0.25) is 0 Å². The second kappa shape index (κ2) is 4.46. The highest BCUT2D eigenvalue weighted by Crippen LogP contribution is 2.35. The summed E-state index contributed by atoms with van der Waals surface area (Å²) in [5.41, 5.74) is 2.29. The number of nitrogens with zero attached hydrogens (tertiary/aromatic N) is 1. The zero-order valence-electron chi connectivity index (χ0n) is 9.87. The number of rotatable bonds is 2. The number of fused-ring (bicyclic) bond motifs is 1. The highest BCUT2D eigenvalue weighted by atomic mass is 79.9. The molecule has 0 atom stereocenters. The first-order valence-electron chi connectivity index (χ1n) is 5.70. The third kappa shape index (κ3) is 1.88. The highest BCUT2D eigenvalue weighted by Gasteiger charge is 2.09. The zero-order valence-corrected chi connectivity index (χ0v) is 11.5. The molecule has 0 bridgehead atoms. The van der Waals surface area contributed by atoms with Crippen LogP contribution in [0.5, 0.6) is 0 Å².